The number of carbonyl (C=O) groups excluding carboxylic acids is 1. The first-order chi connectivity index (χ1) is 19.2. The summed E-state index contributed by atoms with van der Waals surface area (Å²) in [5.41, 5.74) is 4.10. The van der Waals surface area contributed by atoms with Gasteiger partial charge in [-0.1, -0.05) is 43.7 Å². The van der Waals surface area contributed by atoms with Crippen molar-refractivity contribution in [3.63, 3.8) is 0 Å². The first kappa shape index (κ1) is 31.3. The molecule has 0 radical (unpaired) electrons. The molecule has 1 unspecified atom stereocenters. The van der Waals surface area contributed by atoms with Crippen molar-refractivity contribution in [2.24, 2.45) is 0 Å². The van der Waals surface area contributed by atoms with Crippen molar-refractivity contribution >= 4 is 23.6 Å². The lowest BCUT2D eigenvalue weighted by atomic mass is 9.93. The van der Waals surface area contributed by atoms with Gasteiger partial charge in [0.15, 0.2) is 0 Å². The predicted octanol–water partition coefficient (Wildman–Crippen LogP) is 6.61. The lowest BCUT2D eigenvalue weighted by Gasteiger charge is -2.23. The summed E-state index contributed by atoms with van der Waals surface area (Å²) in [7, 11) is 0. The highest BCUT2D eigenvalue weighted by atomic mass is 32.2. The van der Waals surface area contributed by atoms with E-state index in [0.717, 1.165) is 35.6 Å². The quantitative estimate of drug-likeness (QED) is 0.200. The zero-order chi connectivity index (χ0) is 29.1. The van der Waals surface area contributed by atoms with Crippen LogP contribution in [0.4, 0.5) is 8.78 Å². The van der Waals surface area contributed by atoms with E-state index in [0.29, 0.717) is 35.4 Å². The third kappa shape index (κ3) is 9.15. The van der Waals surface area contributed by atoms with Gasteiger partial charge in [0.05, 0.1) is 6.61 Å². The summed E-state index contributed by atoms with van der Waals surface area (Å²) in [4.78, 5) is 31.1. The molecule has 0 fully saturated rings. The number of hydrogen-bond donors (Lipinski definition) is 2. The summed E-state index contributed by atoms with van der Waals surface area (Å²) in [6.45, 7) is 4.96. The second kappa shape index (κ2) is 15.5. The molecule has 0 aliphatic rings. The van der Waals surface area contributed by atoms with E-state index in [-0.39, 0.29) is 13.2 Å². The minimum Gasteiger partial charge on any atom is -0.480 e. The average Bonchev–Trinajstić information content (AvgIpc) is 2.91. The Bertz CT molecular complexity index is 1280. The van der Waals surface area contributed by atoms with Crippen LogP contribution < -0.4 is 5.32 Å². The molecule has 0 heterocycles. The Morgan fingerprint density at radius 2 is 1.75 bits per heavy atom. The van der Waals surface area contributed by atoms with Crippen LogP contribution in [0.5, 0.6) is 0 Å². The molecule has 3 aromatic rings. The maximum Gasteiger partial charge on any atom is 0.326 e. The number of halogens is 2. The van der Waals surface area contributed by atoms with Crippen molar-refractivity contribution in [1.29, 1.82) is 0 Å². The van der Waals surface area contributed by atoms with Crippen molar-refractivity contribution in [2.45, 2.75) is 52.3 Å². The number of hydroxylamine groups is 2. The second-order valence-corrected chi connectivity index (χ2v) is 10.6. The Morgan fingerprint density at radius 1 is 1.02 bits per heavy atom. The normalized spacial score (nSPS) is 11.9. The number of carboxylic acids is 1. The molecule has 9 heteroatoms. The maximum absolute atomic E-state index is 13.7. The fourth-order valence-electron chi connectivity index (χ4n) is 4.30. The number of aryl methyl sites for hydroxylation is 1. The first-order valence-electron chi connectivity index (χ1n) is 13.3. The highest BCUT2D eigenvalue weighted by Crippen LogP contribution is 2.29. The zero-order valence-corrected chi connectivity index (χ0v) is 23.9. The number of thioether (sulfide) groups is 1. The van der Waals surface area contributed by atoms with Crippen LogP contribution in [0.2, 0.25) is 0 Å². The van der Waals surface area contributed by atoms with Gasteiger partial charge in [0.25, 0.3) is 5.91 Å². The first-order valence-corrected chi connectivity index (χ1v) is 14.7. The lowest BCUT2D eigenvalue weighted by molar-refractivity contribution is -0.177. The predicted molar refractivity (Wildman–Crippen MR) is 155 cm³/mol. The largest absolute Gasteiger partial charge is 0.480 e. The van der Waals surface area contributed by atoms with Gasteiger partial charge in [0.2, 0.25) is 0 Å². The van der Waals surface area contributed by atoms with E-state index < -0.39 is 29.6 Å². The van der Waals surface area contributed by atoms with Crippen molar-refractivity contribution < 1.29 is 28.3 Å². The molecule has 1 atom stereocenters. The van der Waals surface area contributed by atoms with E-state index in [2.05, 4.69) is 5.32 Å². The Morgan fingerprint density at radius 3 is 2.40 bits per heavy atom. The summed E-state index contributed by atoms with van der Waals surface area (Å²) in [6.07, 6.45) is 3.97. The van der Waals surface area contributed by atoms with Gasteiger partial charge in [-0.25, -0.2) is 13.6 Å². The highest BCUT2D eigenvalue weighted by Gasteiger charge is 2.23. The number of carboxylic acid groups (broad SMARTS) is 1. The molecule has 3 rings (SSSR count). The number of nitrogens with zero attached hydrogens (tertiary/aromatic N) is 1. The molecular formula is C31H36F2N2O4S. The molecular weight excluding hydrogens is 534 g/mol. The number of hydrogen-bond acceptors (Lipinski definition) is 5. The van der Waals surface area contributed by atoms with Crippen molar-refractivity contribution in [3.05, 3.63) is 94.6 Å². The van der Waals surface area contributed by atoms with Crippen LogP contribution >= 0.6 is 11.8 Å². The van der Waals surface area contributed by atoms with Crippen molar-refractivity contribution in [2.75, 3.05) is 18.6 Å². The molecule has 1 amide bonds. The van der Waals surface area contributed by atoms with Crippen molar-refractivity contribution in [3.8, 4) is 11.1 Å². The summed E-state index contributed by atoms with van der Waals surface area (Å²) in [6, 6.07) is 15.4. The minimum absolute atomic E-state index is 0.174. The molecule has 0 aromatic heterocycles. The van der Waals surface area contributed by atoms with Crippen LogP contribution in [0.3, 0.4) is 0 Å². The average molecular weight is 571 g/mol. The minimum atomic E-state index is -1.07. The monoisotopic (exact) mass is 570 g/mol. The Balaban J connectivity index is 1.87. The third-order valence-corrected chi connectivity index (χ3v) is 7.08. The van der Waals surface area contributed by atoms with Crippen LogP contribution in [0.1, 0.15) is 53.2 Å². The van der Waals surface area contributed by atoms with Crippen molar-refractivity contribution in [1.82, 2.24) is 10.4 Å². The Hall–Kier alpha value is -3.27. The van der Waals surface area contributed by atoms with Gasteiger partial charge in [0, 0.05) is 24.7 Å². The van der Waals surface area contributed by atoms with Crippen LogP contribution in [0.15, 0.2) is 60.7 Å². The highest BCUT2D eigenvalue weighted by molar-refractivity contribution is 7.98. The fourth-order valence-corrected chi connectivity index (χ4v) is 4.77. The van der Waals surface area contributed by atoms with Crippen LogP contribution in [-0.2, 0) is 22.8 Å². The number of unbranched alkanes of at least 4 members (excludes halogenated alkanes) is 1. The molecule has 3 aromatic carbocycles. The van der Waals surface area contributed by atoms with E-state index in [1.165, 1.54) is 23.9 Å². The van der Waals surface area contributed by atoms with Crippen LogP contribution in [0.25, 0.3) is 11.1 Å². The zero-order valence-electron chi connectivity index (χ0n) is 23.1. The Labute approximate surface area is 238 Å². The van der Waals surface area contributed by atoms with Crippen LogP contribution in [-0.4, -0.2) is 46.6 Å². The molecule has 0 saturated carbocycles. The molecule has 0 bridgehead atoms. The van der Waals surface area contributed by atoms with E-state index in [9.17, 15) is 23.5 Å². The molecule has 6 nitrogen and oxygen atoms in total. The summed E-state index contributed by atoms with van der Waals surface area (Å²) in [5.74, 6) is -2.21. The lowest BCUT2D eigenvalue weighted by Crippen LogP contribution is -2.41. The summed E-state index contributed by atoms with van der Waals surface area (Å²) in [5, 5.41) is 14.0. The number of benzene rings is 3. The molecule has 0 aliphatic heterocycles. The standard InChI is InChI=1S/C31H36F2N2O4S/c1-4-5-13-35(19-23-15-24(32)18-25(33)16-23)39-20-22-10-11-27(28(17-22)26-9-7-6-8-21(26)2)30(36)34-29(31(37)38)12-14-40-3/h6-11,15-18,29H,4-5,12-14,19-20H2,1-3H3,(H,34,36)(H,37,38). The number of amides is 1. The third-order valence-electron chi connectivity index (χ3n) is 6.43. The van der Waals surface area contributed by atoms with Crippen LogP contribution in [0, 0.1) is 18.6 Å². The number of rotatable bonds is 15. The molecule has 0 saturated heterocycles. The van der Waals surface area contributed by atoms with E-state index in [1.807, 2.05) is 50.4 Å². The van der Waals surface area contributed by atoms with Gasteiger partial charge in [-0.15, -0.1) is 0 Å². The molecule has 2 N–H and O–H groups in total. The molecule has 214 valence electrons. The molecule has 0 spiro atoms. The number of carbonyl (C=O) groups is 2. The maximum atomic E-state index is 13.7. The topological polar surface area (TPSA) is 78.9 Å². The van der Waals surface area contributed by atoms with Gasteiger partial charge >= 0.3 is 5.97 Å². The van der Waals surface area contributed by atoms with E-state index in [4.69, 9.17) is 4.84 Å². The molecule has 40 heavy (non-hydrogen) atoms. The SMILES string of the molecule is CCCCN(Cc1cc(F)cc(F)c1)OCc1ccc(C(=O)NC(CCSC)C(=O)O)c(-c2ccccc2C)c1. The second-order valence-electron chi connectivity index (χ2n) is 9.61. The molecule has 0 aliphatic carbocycles. The smallest absolute Gasteiger partial charge is 0.326 e. The van der Waals surface area contributed by atoms with Gasteiger partial charge < -0.3 is 10.4 Å². The summed E-state index contributed by atoms with van der Waals surface area (Å²) >= 11 is 1.52. The number of aliphatic carboxylic acids is 1. The van der Waals surface area contributed by atoms with E-state index >= 15 is 0 Å². The number of nitrogens with one attached hydrogen (secondary N) is 1. The Kier molecular flexibility index (Phi) is 12.1. The summed E-state index contributed by atoms with van der Waals surface area (Å²) < 4.78 is 27.5. The van der Waals surface area contributed by atoms with E-state index in [1.54, 1.807) is 17.2 Å². The van der Waals surface area contributed by atoms with Gasteiger partial charge in [-0.2, -0.15) is 16.8 Å². The van der Waals surface area contributed by atoms with Gasteiger partial charge in [-0.3, -0.25) is 9.63 Å². The van der Waals surface area contributed by atoms with Gasteiger partial charge in [0.1, 0.15) is 17.7 Å². The van der Waals surface area contributed by atoms with Gasteiger partial charge in [-0.05, 0) is 83.9 Å². The fraction of sp³-hybridized carbons (Fsp3) is 0.355.